The number of carbonyl (C=O) groups is 2. The van der Waals surface area contributed by atoms with Crippen molar-refractivity contribution < 1.29 is 9.59 Å². The van der Waals surface area contributed by atoms with Crippen LogP contribution in [0.4, 0.5) is 10.8 Å². The Morgan fingerprint density at radius 3 is 2.52 bits per heavy atom. The minimum atomic E-state index is -0.159. The molecule has 0 spiro atoms. The summed E-state index contributed by atoms with van der Waals surface area (Å²) in [4.78, 5) is 28.2. The van der Waals surface area contributed by atoms with E-state index < -0.39 is 0 Å². The first-order chi connectivity index (χ1) is 12.1. The summed E-state index contributed by atoms with van der Waals surface area (Å²) in [5, 5.41) is 6.16. The molecular weight excluding hydrogens is 354 g/mol. The molecule has 128 valence electrons. The van der Waals surface area contributed by atoms with E-state index in [0.29, 0.717) is 5.13 Å². The number of amides is 2. The lowest BCUT2D eigenvalue weighted by Crippen LogP contribution is -2.18. The van der Waals surface area contributed by atoms with Crippen molar-refractivity contribution in [3.05, 3.63) is 54.1 Å². The Morgan fingerprint density at radius 1 is 1.04 bits per heavy atom. The largest absolute Gasteiger partial charge is 0.325 e. The fourth-order valence-corrected chi connectivity index (χ4v) is 3.79. The van der Waals surface area contributed by atoms with Gasteiger partial charge in [0.15, 0.2) is 5.13 Å². The maximum atomic E-state index is 12.0. The highest BCUT2D eigenvalue weighted by Gasteiger charge is 2.09. The molecule has 2 amide bonds. The zero-order chi connectivity index (χ0) is 17.6. The topological polar surface area (TPSA) is 71.1 Å². The van der Waals surface area contributed by atoms with E-state index in [0.717, 1.165) is 21.5 Å². The minimum Gasteiger partial charge on any atom is -0.325 e. The Labute approximate surface area is 153 Å². The second kappa shape index (κ2) is 8.13. The van der Waals surface area contributed by atoms with Crippen LogP contribution in [0.2, 0.25) is 0 Å². The average molecular weight is 371 g/mol. The van der Waals surface area contributed by atoms with Gasteiger partial charge in [-0.15, -0.1) is 11.8 Å². The lowest BCUT2D eigenvalue weighted by Gasteiger charge is -2.04. The Hall–Kier alpha value is -2.38. The number of aromatic nitrogens is 1. The summed E-state index contributed by atoms with van der Waals surface area (Å²) < 4.78 is 1.05. The van der Waals surface area contributed by atoms with Crippen LogP contribution in [-0.4, -0.2) is 28.3 Å². The van der Waals surface area contributed by atoms with Crippen LogP contribution in [-0.2, 0) is 9.59 Å². The van der Waals surface area contributed by atoms with Gasteiger partial charge in [0.1, 0.15) is 0 Å². The van der Waals surface area contributed by atoms with Crippen LogP contribution in [0.1, 0.15) is 5.56 Å². The van der Waals surface area contributed by atoms with Gasteiger partial charge in [-0.25, -0.2) is 4.98 Å². The van der Waals surface area contributed by atoms with E-state index in [4.69, 9.17) is 0 Å². The molecule has 5 nitrogen and oxygen atoms in total. The molecule has 3 aromatic rings. The number of thiazole rings is 1. The molecule has 2 aromatic carbocycles. The first-order valence-electron chi connectivity index (χ1n) is 7.70. The van der Waals surface area contributed by atoms with Gasteiger partial charge in [0, 0.05) is 5.69 Å². The number of thioether (sulfide) groups is 1. The number of aryl methyl sites for hydroxylation is 1. The number of hydrogen-bond donors (Lipinski definition) is 2. The molecule has 1 heterocycles. The third kappa shape index (κ3) is 5.04. The van der Waals surface area contributed by atoms with Crippen LogP contribution < -0.4 is 10.6 Å². The van der Waals surface area contributed by atoms with Gasteiger partial charge in [0.25, 0.3) is 0 Å². The van der Waals surface area contributed by atoms with E-state index in [1.165, 1.54) is 23.1 Å². The Kier molecular flexibility index (Phi) is 5.67. The second-order valence-electron chi connectivity index (χ2n) is 5.45. The lowest BCUT2D eigenvalue weighted by molar-refractivity contribution is -0.114. The number of nitrogens with one attached hydrogen (secondary N) is 2. The standard InChI is InChI=1S/C18H17N3O2S2/c1-12-7-8-14-15(9-12)25-18(20-14)21-17(23)11-24-10-16(22)19-13-5-3-2-4-6-13/h2-9H,10-11H2,1H3,(H,19,22)(H,20,21,23). The molecule has 0 unspecified atom stereocenters. The molecule has 3 rings (SSSR count). The molecule has 0 aliphatic heterocycles. The number of hydrogen-bond acceptors (Lipinski definition) is 5. The van der Waals surface area contributed by atoms with Crippen LogP contribution in [0.3, 0.4) is 0 Å². The number of anilines is 2. The first kappa shape index (κ1) is 17.4. The van der Waals surface area contributed by atoms with Crippen LogP contribution in [0.15, 0.2) is 48.5 Å². The highest BCUT2D eigenvalue weighted by molar-refractivity contribution is 8.00. The maximum Gasteiger partial charge on any atom is 0.236 e. The number of fused-ring (bicyclic) bond motifs is 1. The molecular formula is C18H17N3O2S2. The lowest BCUT2D eigenvalue weighted by atomic mass is 10.2. The number of nitrogens with zero attached hydrogens (tertiary/aromatic N) is 1. The van der Waals surface area contributed by atoms with Crippen molar-refractivity contribution in [2.45, 2.75) is 6.92 Å². The van der Waals surface area contributed by atoms with Crippen LogP contribution in [0.25, 0.3) is 10.2 Å². The van der Waals surface area contributed by atoms with Crippen LogP contribution >= 0.6 is 23.1 Å². The molecule has 1 aromatic heterocycles. The predicted molar refractivity (Wildman–Crippen MR) is 105 cm³/mol. The number of rotatable bonds is 6. The second-order valence-corrected chi connectivity index (χ2v) is 7.46. The molecule has 7 heteroatoms. The molecule has 0 fully saturated rings. The van der Waals surface area contributed by atoms with Crippen molar-refractivity contribution in [2.75, 3.05) is 22.1 Å². The number of benzene rings is 2. The average Bonchev–Trinajstić information content (AvgIpc) is 2.96. The van der Waals surface area contributed by atoms with Gasteiger partial charge in [-0.1, -0.05) is 35.6 Å². The number of para-hydroxylation sites is 1. The Balaban J connectivity index is 1.45. The molecule has 0 bridgehead atoms. The molecule has 0 atom stereocenters. The van der Waals surface area contributed by atoms with Gasteiger partial charge < -0.3 is 10.6 Å². The van der Waals surface area contributed by atoms with Gasteiger partial charge in [-0.2, -0.15) is 0 Å². The normalized spacial score (nSPS) is 10.6. The molecule has 0 saturated heterocycles. The van der Waals surface area contributed by atoms with Crippen LogP contribution in [0.5, 0.6) is 0 Å². The Morgan fingerprint density at radius 2 is 1.76 bits per heavy atom. The SMILES string of the molecule is Cc1ccc2nc(NC(=O)CSCC(=O)Nc3ccccc3)sc2c1. The summed E-state index contributed by atoms with van der Waals surface area (Å²) in [7, 11) is 0. The third-order valence-electron chi connectivity index (χ3n) is 3.31. The Bertz CT molecular complexity index is 894. The zero-order valence-electron chi connectivity index (χ0n) is 13.6. The summed E-state index contributed by atoms with van der Waals surface area (Å²) in [5.74, 6) is 0.145. The van der Waals surface area contributed by atoms with Gasteiger partial charge in [-0.05, 0) is 36.8 Å². The number of carbonyl (C=O) groups excluding carboxylic acids is 2. The van der Waals surface area contributed by atoms with E-state index in [-0.39, 0.29) is 23.3 Å². The van der Waals surface area contributed by atoms with Gasteiger partial charge in [-0.3, -0.25) is 9.59 Å². The van der Waals surface area contributed by atoms with Gasteiger partial charge in [0.2, 0.25) is 11.8 Å². The van der Waals surface area contributed by atoms with Crippen LogP contribution in [0, 0.1) is 6.92 Å². The van der Waals surface area contributed by atoms with E-state index in [2.05, 4.69) is 15.6 Å². The van der Waals surface area contributed by atoms with E-state index in [1.807, 2.05) is 55.5 Å². The molecule has 0 radical (unpaired) electrons. The molecule has 25 heavy (non-hydrogen) atoms. The highest BCUT2D eigenvalue weighted by atomic mass is 32.2. The van der Waals surface area contributed by atoms with E-state index >= 15 is 0 Å². The monoisotopic (exact) mass is 371 g/mol. The minimum absolute atomic E-state index is 0.125. The van der Waals surface area contributed by atoms with Crippen molar-refractivity contribution >= 4 is 55.9 Å². The molecule has 0 aliphatic carbocycles. The van der Waals surface area contributed by atoms with Gasteiger partial charge >= 0.3 is 0 Å². The summed E-state index contributed by atoms with van der Waals surface area (Å²) in [6, 6.07) is 15.2. The summed E-state index contributed by atoms with van der Waals surface area (Å²) >= 11 is 2.72. The molecule has 0 aliphatic rings. The fraction of sp³-hybridized carbons (Fsp3) is 0.167. The maximum absolute atomic E-state index is 12.0. The summed E-state index contributed by atoms with van der Waals surface area (Å²) in [6.07, 6.45) is 0. The van der Waals surface area contributed by atoms with E-state index in [9.17, 15) is 9.59 Å². The molecule has 2 N–H and O–H groups in total. The highest BCUT2D eigenvalue weighted by Crippen LogP contribution is 2.26. The van der Waals surface area contributed by atoms with E-state index in [1.54, 1.807) is 0 Å². The van der Waals surface area contributed by atoms with Crippen molar-refractivity contribution in [1.29, 1.82) is 0 Å². The van der Waals surface area contributed by atoms with Crippen molar-refractivity contribution in [2.24, 2.45) is 0 Å². The zero-order valence-corrected chi connectivity index (χ0v) is 15.2. The third-order valence-corrected chi connectivity index (χ3v) is 5.18. The van der Waals surface area contributed by atoms with Crippen molar-refractivity contribution in [1.82, 2.24) is 4.98 Å². The quantitative estimate of drug-likeness (QED) is 0.689. The van der Waals surface area contributed by atoms with Crippen molar-refractivity contribution in [3.63, 3.8) is 0 Å². The molecule has 0 saturated carbocycles. The smallest absolute Gasteiger partial charge is 0.236 e. The van der Waals surface area contributed by atoms with Gasteiger partial charge in [0.05, 0.1) is 21.7 Å². The summed E-state index contributed by atoms with van der Waals surface area (Å²) in [5.41, 5.74) is 2.79. The van der Waals surface area contributed by atoms with Crippen molar-refractivity contribution in [3.8, 4) is 0 Å². The fourth-order valence-electron chi connectivity index (χ4n) is 2.20. The summed E-state index contributed by atoms with van der Waals surface area (Å²) in [6.45, 7) is 2.02. The predicted octanol–water partition coefficient (Wildman–Crippen LogP) is 3.92. The first-order valence-corrected chi connectivity index (χ1v) is 9.67.